The van der Waals surface area contributed by atoms with Crippen LogP contribution >= 0.6 is 0 Å². The molecule has 0 bridgehead atoms. The first-order chi connectivity index (χ1) is 9.19. The van der Waals surface area contributed by atoms with E-state index in [1.165, 1.54) is 12.1 Å². The molecule has 1 aromatic heterocycles. The van der Waals surface area contributed by atoms with Crippen molar-refractivity contribution in [1.82, 2.24) is 9.55 Å². The summed E-state index contributed by atoms with van der Waals surface area (Å²) in [6, 6.07) is 2.55. The average Bonchev–Trinajstić information content (AvgIpc) is 2.30. The van der Waals surface area contributed by atoms with Gasteiger partial charge >= 0.3 is 6.09 Å². The number of nitrogens with zero attached hydrogens (tertiary/aromatic N) is 2. The molecule has 0 saturated carbocycles. The van der Waals surface area contributed by atoms with Crippen LogP contribution in [0.25, 0.3) is 10.9 Å². The molecule has 6 heteroatoms. The molecule has 1 heterocycles. The molecule has 0 aliphatic rings. The van der Waals surface area contributed by atoms with E-state index in [4.69, 9.17) is 4.74 Å². The third kappa shape index (κ3) is 2.68. The molecular weight excluding hydrogens is 263 g/mol. The number of aromatic nitrogens is 2. The van der Waals surface area contributed by atoms with Crippen molar-refractivity contribution >= 4 is 17.0 Å². The van der Waals surface area contributed by atoms with E-state index in [0.717, 1.165) is 10.9 Å². The van der Waals surface area contributed by atoms with Gasteiger partial charge in [-0.05, 0) is 39.3 Å². The Hall–Kier alpha value is -2.24. The molecule has 0 fully saturated rings. The maximum absolute atomic E-state index is 13.4. The van der Waals surface area contributed by atoms with Crippen LogP contribution in [-0.4, -0.2) is 21.2 Å². The molecule has 0 aliphatic carbocycles. The minimum atomic E-state index is -0.807. The number of benzene rings is 1. The Morgan fingerprint density at radius 1 is 1.35 bits per heavy atom. The second-order valence-corrected chi connectivity index (χ2v) is 5.52. The van der Waals surface area contributed by atoms with Crippen LogP contribution in [0.2, 0.25) is 0 Å². The topological polar surface area (TPSA) is 61.2 Å². The van der Waals surface area contributed by atoms with Gasteiger partial charge in [0.2, 0.25) is 0 Å². The lowest BCUT2D eigenvalue weighted by atomic mass is 10.1. The van der Waals surface area contributed by atoms with Crippen LogP contribution in [0.3, 0.4) is 0 Å². The number of rotatable bonds is 0. The van der Waals surface area contributed by atoms with Gasteiger partial charge in [0.25, 0.3) is 5.56 Å². The van der Waals surface area contributed by atoms with Gasteiger partial charge in [-0.2, -0.15) is 0 Å². The normalized spacial score (nSPS) is 11.7. The standard InChI is InChI=1S/C14H15FN2O3/c1-8-5-9-11(6-10(8)15)16-7-17(12(9)18)13(19)20-14(2,3)4/h5-7H,1-4H3. The van der Waals surface area contributed by atoms with Gasteiger partial charge in [0, 0.05) is 6.07 Å². The number of hydrogen-bond acceptors (Lipinski definition) is 4. The predicted molar refractivity (Wildman–Crippen MR) is 72.3 cm³/mol. The molecule has 2 aromatic rings. The van der Waals surface area contributed by atoms with Crippen molar-refractivity contribution in [2.75, 3.05) is 0 Å². The summed E-state index contributed by atoms with van der Waals surface area (Å²) in [6.07, 6.45) is 0.243. The summed E-state index contributed by atoms with van der Waals surface area (Å²) in [5, 5.41) is 0.178. The van der Waals surface area contributed by atoms with E-state index in [1.807, 2.05) is 0 Å². The summed E-state index contributed by atoms with van der Waals surface area (Å²) in [5.74, 6) is -0.445. The first kappa shape index (κ1) is 14.2. The third-order valence-corrected chi connectivity index (χ3v) is 2.63. The van der Waals surface area contributed by atoms with Crippen molar-refractivity contribution in [2.24, 2.45) is 0 Å². The van der Waals surface area contributed by atoms with Gasteiger partial charge in [-0.3, -0.25) is 4.79 Å². The lowest BCUT2D eigenvalue weighted by Gasteiger charge is -2.19. The Balaban J connectivity index is 2.58. The molecule has 5 nitrogen and oxygen atoms in total. The van der Waals surface area contributed by atoms with Gasteiger partial charge in [-0.15, -0.1) is 0 Å². The van der Waals surface area contributed by atoms with Gasteiger partial charge in [-0.1, -0.05) is 0 Å². The molecule has 0 aliphatic heterocycles. The first-order valence-electron chi connectivity index (χ1n) is 6.10. The van der Waals surface area contributed by atoms with Gasteiger partial charge in [-0.25, -0.2) is 18.7 Å². The van der Waals surface area contributed by atoms with E-state index < -0.39 is 23.1 Å². The number of carbonyl (C=O) groups excluding carboxylic acids is 1. The maximum atomic E-state index is 13.4. The molecule has 0 atom stereocenters. The first-order valence-corrected chi connectivity index (χ1v) is 6.10. The Labute approximate surface area is 115 Å². The van der Waals surface area contributed by atoms with E-state index in [1.54, 1.807) is 27.7 Å². The van der Waals surface area contributed by atoms with Crippen molar-refractivity contribution < 1.29 is 13.9 Å². The summed E-state index contributed by atoms with van der Waals surface area (Å²) in [7, 11) is 0. The zero-order chi connectivity index (χ0) is 15.1. The van der Waals surface area contributed by atoms with Crippen LogP contribution in [0, 0.1) is 12.7 Å². The summed E-state index contributed by atoms with van der Waals surface area (Å²) in [4.78, 5) is 28.0. The Kier molecular flexibility index (Phi) is 3.33. The lowest BCUT2D eigenvalue weighted by molar-refractivity contribution is 0.0530. The van der Waals surface area contributed by atoms with Crippen molar-refractivity contribution in [3.8, 4) is 0 Å². The zero-order valence-corrected chi connectivity index (χ0v) is 11.7. The second-order valence-electron chi connectivity index (χ2n) is 5.52. The largest absolute Gasteiger partial charge is 0.443 e. The molecule has 1 aromatic carbocycles. The molecule has 0 N–H and O–H groups in total. The van der Waals surface area contributed by atoms with E-state index >= 15 is 0 Å². The van der Waals surface area contributed by atoms with E-state index in [2.05, 4.69) is 4.98 Å². The molecule has 0 unspecified atom stereocenters. The number of hydrogen-bond donors (Lipinski definition) is 0. The van der Waals surface area contributed by atoms with Crippen molar-refractivity contribution in [3.63, 3.8) is 0 Å². The van der Waals surface area contributed by atoms with Crippen molar-refractivity contribution in [1.29, 1.82) is 0 Å². The van der Waals surface area contributed by atoms with Crippen molar-refractivity contribution in [2.45, 2.75) is 33.3 Å². The molecule has 20 heavy (non-hydrogen) atoms. The maximum Gasteiger partial charge on any atom is 0.422 e. The van der Waals surface area contributed by atoms with Crippen LogP contribution in [0.1, 0.15) is 26.3 Å². The Morgan fingerprint density at radius 3 is 2.60 bits per heavy atom. The van der Waals surface area contributed by atoms with E-state index in [-0.39, 0.29) is 10.9 Å². The fraction of sp³-hybridized carbons (Fsp3) is 0.357. The molecule has 2 rings (SSSR count). The van der Waals surface area contributed by atoms with Crippen LogP contribution < -0.4 is 5.56 Å². The van der Waals surface area contributed by atoms with Crippen LogP contribution in [-0.2, 0) is 4.74 Å². The number of fused-ring (bicyclic) bond motifs is 1. The fourth-order valence-corrected chi connectivity index (χ4v) is 1.69. The molecule has 0 radical (unpaired) electrons. The molecule has 0 amide bonds. The monoisotopic (exact) mass is 278 g/mol. The quantitative estimate of drug-likeness (QED) is 0.743. The molecule has 0 saturated heterocycles. The second kappa shape index (κ2) is 4.70. The summed E-state index contributed by atoms with van der Waals surface area (Å²) >= 11 is 0. The van der Waals surface area contributed by atoms with Crippen LogP contribution in [0.5, 0.6) is 0 Å². The minimum Gasteiger partial charge on any atom is -0.443 e. The molecule has 106 valence electrons. The van der Waals surface area contributed by atoms with E-state index in [0.29, 0.717) is 5.56 Å². The van der Waals surface area contributed by atoms with Crippen molar-refractivity contribution in [3.05, 3.63) is 40.2 Å². The number of aryl methyl sites for hydroxylation is 1. The highest BCUT2D eigenvalue weighted by Gasteiger charge is 2.20. The fourth-order valence-electron chi connectivity index (χ4n) is 1.69. The van der Waals surface area contributed by atoms with Gasteiger partial charge in [0.1, 0.15) is 17.7 Å². The number of halogens is 1. The minimum absolute atomic E-state index is 0.178. The van der Waals surface area contributed by atoms with Gasteiger partial charge < -0.3 is 4.74 Å². The summed E-state index contributed by atoms with van der Waals surface area (Å²) < 4.78 is 19.3. The smallest absolute Gasteiger partial charge is 0.422 e. The summed E-state index contributed by atoms with van der Waals surface area (Å²) in [6.45, 7) is 6.64. The number of carbonyl (C=O) groups is 1. The Bertz CT molecular complexity index is 744. The van der Waals surface area contributed by atoms with E-state index in [9.17, 15) is 14.0 Å². The SMILES string of the molecule is Cc1cc2c(=O)n(C(=O)OC(C)(C)C)cnc2cc1F. The molecular formula is C14H15FN2O3. The number of ether oxygens (including phenoxy) is 1. The lowest BCUT2D eigenvalue weighted by Crippen LogP contribution is -2.33. The molecule has 0 spiro atoms. The van der Waals surface area contributed by atoms with Crippen LogP contribution in [0.4, 0.5) is 9.18 Å². The third-order valence-electron chi connectivity index (χ3n) is 2.63. The average molecular weight is 278 g/mol. The van der Waals surface area contributed by atoms with Gasteiger partial charge in [0.05, 0.1) is 10.9 Å². The highest BCUT2D eigenvalue weighted by molar-refractivity contribution is 5.81. The highest BCUT2D eigenvalue weighted by Crippen LogP contribution is 2.14. The Morgan fingerprint density at radius 2 is 2.00 bits per heavy atom. The van der Waals surface area contributed by atoms with Crippen LogP contribution in [0.15, 0.2) is 23.3 Å². The zero-order valence-electron chi connectivity index (χ0n) is 11.7. The van der Waals surface area contributed by atoms with Gasteiger partial charge in [0.15, 0.2) is 0 Å². The highest BCUT2D eigenvalue weighted by atomic mass is 19.1. The summed E-state index contributed by atoms with van der Waals surface area (Å²) in [5.41, 5.74) is -0.770. The predicted octanol–water partition coefficient (Wildman–Crippen LogP) is 2.63.